The van der Waals surface area contributed by atoms with Crippen LogP contribution in [0.1, 0.15) is 31.7 Å². The van der Waals surface area contributed by atoms with Crippen LogP contribution in [0.3, 0.4) is 0 Å². The quantitative estimate of drug-likeness (QED) is 0.742. The van der Waals surface area contributed by atoms with Crippen LogP contribution in [0.15, 0.2) is 30.3 Å². The molecule has 0 radical (unpaired) electrons. The molecule has 25 heavy (non-hydrogen) atoms. The van der Waals surface area contributed by atoms with Crippen LogP contribution in [-0.2, 0) is 20.7 Å². The normalized spacial score (nSPS) is 27.8. The summed E-state index contributed by atoms with van der Waals surface area (Å²) < 4.78 is 5.48. The van der Waals surface area contributed by atoms with Gasteiger partial charge in [0.05, 0.1) is 18.6 Å². The second kappa shape index (κ2) is 7.16. The minimum atomic E-state index is -0.609. The number of rotatable bonds is 6. The second-order valence-electron chi connectivity index (χ2n) is 7.53. The molecular formula is C20H28N2O3. The Morgan fingerprint density at radius 3 is 2.60 bits per heavy atom. The summed E-state index contributed by atoms with van der Waals surface area (Å²) >= 11 is 0. The van der Waals surface area contributed by atoms with Crippen molar-refractivity contribution in [2.75, 3.05) is 27.2 Å². The van der Waals surface area contributed by atoms with Gasteiger partial charge in [0, 0.05) is 12.1 Å². The molecule has 3 atom stereocenters. The first kappa shape index (κ1) is 17.9. The first-order valence-electron chi connectivity index (χ1n) is 9.15. The predicted octanol–water partition coefficient (Wildman–Crippen LogP) is 2.10. The molecule has 0 aromatic heterocycles. The molecule has 0 N–H and O–H groups in total. The summed E-state index contributed by atoms with van der Waals surface area (Å²) in [7, 11) is 3.80. The monoisotopic (exact) mass is 344 g/mol. The van der Waals surface area contributed by atoms with Gasteiger partial charge in [-0.05, 0) is 52.3 Å². The van der Waals surface area contributed by atoms with Crippen LogP contribution in [0.4, 0.5) is 0 Å². The molecule has 2 bridgehead atoms. The molecule has 0 saturated carbocycles. The maximum atomic E-state index is 13.0. The molecule has 5 heteroatoms. The molecule has 1 amide bonds. The van der Waals surface area contributed by atoms with Gasteiger partial charge in [-0.1, -0.05) is 30.3 Å². The molecule has 0 aliphatic carbocycles. The third kappa shape index (κ3) is 3.30. The molecule has 0 spiro atoms. The van der Waals surface area contributed by atoms with Gasteiger partial charge in [-0.15, -0.1) is 0 Å². The number of benzene rings is 1. The van der Waals surface area contributed by atoms with Crippen molar-refractivity contribution in [3.8, 4) is 0 Å². The smallest absolute Gasteiger partial charge is 0.314 e. The summed E-state index contributed by atoms with van der Waals surface area (Å²) in [5, 5.41) is 0. The summed E-state index contributed by atoms with van der Waals surface area (Å²) in [6.45, 7) is 2.60. The zero-order valence-electron chi connectivity index (χ0n) is 15.4. The van der Waals surface area contributed by atoms with Gasteiger partial charge in [-0.25, -0.2) is 0 Å². The lowest BCUT2D eigenvalue weighted by atomic mass is 9.70. The van der Waals surface area contributed by atoms with Gasteiger partial charge in [-0.2, -0.15) is 0 Å². The van der Waals surface area contributed by atoms with E-state index in [1.165, 1.54) is 0 Å². The van der Waals surface area contributed by atoms with Crippen molar-refractivity contribution in [3.63, 3.8) is 0 Å². The fraction of sp³-hybridized carbons (Fsp3) is 0.600. The SMILES string of the molecule is CCOC(=O)[C@@]1(Cc2ccccc2)C[C@H]2CC[C@@H]1N2C(=O)CN(C)C. The average Bonchev–Trinajstić information content (AvgIpc) is 3.12. The summed E-state index contributed by atoms with van der Waals surface area (Å²) in [4.78, 5) is 29.6. The van der Waals surface area contributed by atoms with Crippen LogP contribution in [-0.4, -0.2) is 61.0 Å². The lowest BCUT2D eigenvalue weighted by Gasteiger charge is -2.35. The van der Waals surface area contributed by atoms with Crippen molar-refractivity contribution in [3.05, 3.63) is 35.9 Å². The van der Waals surface area contributed by atoms with Crippen molar-refractivity contribution in [1.82, 2.24) is 9.80 Å². The van der Waals surface area contributed by atoms with E-state index >= 15 is 0 Å². The highest BCUT2D eigenvalue weighted by molar-refractivity contribution is 5.85. The topological polar surface area (TPSA) is 49.9 Å². The van der Waals surface area contributed by atoms with E-state index in [9.17, 15) is 9.59 Å². The maximum Gasteiger partial charge on any atom is 0.314 e. The first-order chi connectivity index (χ1) is 12.0. The lowest BCUT2D eigenvalue weighted by molar-refractivity contribution is -0.158. The Labute approximate surface area is 149 Å². The van der Waals surface area contributed by atoms with E-state index in [1.807, 2.05) is 49.0 Å². The van der Waals surface area contributed by atoms with Crippen LogP contribution < -0.4 is 0 Å². The Morgan fingerprint density at radius 2 is 1.96 bits per heavy atom. The highest BCUT2D eigenvalue weighted by Crippen LogP contribution is 2.52. The zero-order chi connectivity index (χ0) is 18.0. The van der Waals surface area contributed by atoms with Crippen molar-refractivity contribution in [2.24, 2.45) is 5.41 Å². The molecule has 2 heterocycles. The Hall–Kier alpha value is -1.88. The van der Waals surface area contributed by atoms with Gasteiger partial charge < -0.3 is 14.5 Å². The summed E-state index contributed by atoms with van der Waals surface area (Å²) in [6, 6.07) is 10.2. The number of fused-ring (bicyclic) bond motifs is 2. The lowest BCUT2D eigenvalue weighted by Crippen LogP contribution is -2.48. The van der Waals surface area contributed by atoms with Gasteiger partial charge in [0.15, 0.2) is 0 Å². The number of hydrogen-bond donors (Lipinski definition) is 0. The van der Waals surface area contributed by atoms with Crippen LogP contribution in [0, 0.1) is 5.41 Å². The number of ether oxygens (including phenoxy) is 1. The minimum Gasteiger partial charge on any atom is -0.465 e. The highest BCUT2D eigenvalue weighted by atomic mass is 16.5. The maximum absolute atomic E-state index is 13.0. The largest absolute Gasteiger partial charge is 0.465 e. The molecule has 2 saturated heterocycles. The molecule has 2 aliphatic rings. The van der Waals surface area contributed by atoms with Gasteiger partial charge >= 0.3 is 5.97 Å². The molecule has 0 unspecified atom stereocenters. The molecule has 136 valence electrons. The molecule has 2 aliphatic heterocycles. The first-order valence-corrected chi connectivity index (χ1v) is 9.15. The number of nitrogens with zero attached hydrogens (tertiary/aromatic N) is 2. The van der Waals surface area contributed by atoms with E-state index in [4.69, 9.17) is 4.74 Å². The Bertz CT molecular complexity index is 631. The summed E-state index contributed by atoms with van der Waals surface area (Å²) in [5.74, 6) is -0.0227. The minimum absolute atomic E-state index is 0.0517. The number of likely N-dealkylation sites (N-methyl/N-ethyl adjacent to an activating group) is 1. The number of carbonyl (C=O) groups is 2. The van der Waals surface area contributed by atoms with Crippen LogP contribution in [0.25, 0.3) is 0 Å². The van der Waals surface area contributed by atoms with E-state index in [2.05, 4.69) is 12.1 Å². The zero-order valence-corrected chi connectivity index (χ0v) is 15.4. The molecular weight excluding hydrogens is 316 g/mol. The fourth-order valence-corrected chi connectivity index (χ4v) is 4.63. The molecule has 2 fully saturated rings. The van der Waals surface area contributed by atoms with Crippen LogP contribution in [0.2, 0.25) is 0 Å². The second-order valence-corrected chi connectivity index (χ2v) is 7.53. The van der Waals surface area contributed by atoms with E-state index in [0.717, 1.165) is 18.4 Å². The standard InChI is InChI=1S/C20H28N2O3/c1-4-25-19(24)20(12-15-8-6-5-7-9-15)13-16-10-11-17(20)22(16)18(23)14-21(2)3/h5-9,16-17H,4,10-14H2,1-3H3/t16-,17+,20+/m1/s1. The van der Waals surface area contributed by atoms with Crippen molar-refractivity contribution in [2.45, 2.75) is 44.7 Å². The average molecular weight is 344 g/mol. The number of hydrogen-bond acceptors (Lipinski definition) is 4. The molecule has 3 rings (SSSR count). The predicted molar refractivity (Wildman–Crippen MR) is 96.0 cm³/mol. The van der Waals surface area contributed by atoms with Crippen molar-refractivity contribution >= 4 is 11.9 Å². The van der Waals surface area contributed by atoms with Gasteiger partial charge in [-0.3, -0.25) is 9.59 Å². The fourth-order valence-electron chi connectivity index (χ4n) is 4.63. The van der Waals surface area contributed by atoms with E-state index in [1.54, 1.807) is 0 Å². The van der Waals surface area contributed by atoms with Crippen LogP contribution in [0.5, 0.6) is 0 Å². The van der Waals surface area contributed by atoms with Crippen LogP contribution >= 0.6 is 0 Å². The van der Waals surface area contributed by atoms with E-state index < -0.39 is 5.41 Å². The van der Waals surface area contributed by atoms with E-state index in [-0.39, 0.29) is 24.0 Å². The van der Waals surface area contributed by atoms with Gasteiger partial charge in [0.2, 0.25) is 5.91 Å². The van der Waals surface area contributed by atoms with Gasteiger partial charge in [0.1, 0.15) is 0 Å². The Morgan fingerprint density at radius 1 is 1.24 bits per heavy atom. The number of esters is 1. The number of carbonyl (C=O) groups excluding carboxylic acids is 2. The Kier molecular flexibility index (Phi) is 5.13. The molecule has 1 aromatic rings. The van der Waals surface area contributed by atoms with Gasteiger partial charge in [0.25, 0.3) is 0 Å². The highest BCUT2D eigenvalue weighted by Gasteiger charge is 2.61. The third-order valence-electron chi connectivity index (χ3n) is 5.52. The molecule has 5 nitrogen and oxygen atoms in total. The third-order valence-corrected chi connectivity index (χ3v) is 5.52. The number of amides is 1. The molecule has 1 aromatic carbocycles. The van der Waals surface area contributed by atoms with Crippen molar-refractivity contribution in [1.29, 1.82) is 0 Å². The Balaban J connectivity index is 1.91. The van der Waals surface area contributed by atoms with Crippen molar-refractivity contribution < 1.29 is 14.3 Å². The van der Waals surface area contributed by atoms with E-state index in [0.29, 0.717) is 26.0 Å². The summed E-state index contributed by atoms with van der Waals surface area (Å²) in [5.41, 5.74) is 0.519. The summed E-state index contributed by atoms with van der Waals surface area (Å²) in [6.07, 6.45) is 3.22.